The van der Waals surface area contributed by atoms with E-state index in [1.54, 1.807) is 0 Å². The molecule has 26 heavy (non-hydrogen) atoms. The van der Waals surface area contributed by atoms with E-state index in [2.05, 4.69) is 48.3 Å². The quantitative estimate of drug-likeness (QED) is 0.775. The minimum atomic E-state index is 0.205. The third-order valence-corrected chi connectivity index (χ3v) is 6.30. The Kier molecular flexibility index (Phi) is 7.09. The number of rotatable bonds is 8. The van der Waals surface area contributed by atoms with E-state index in [4.69, 9.17) is 4.74 Å². The van der Waals surface area contributed by atoms with Crippen molar-refractivity contribution in [2.45, 2.75) is 57.9 Å². The SMILES string of the molecule is CCC(CC)C(CNC(=O)CC1CCc2ccccc21)N1CCOCC1. The van der Waals surface area contributed by atoms with Gasteiger partial charge in [0.2, 0.25) is 5.91 Å². The number of aryl methyl sites for hydroxylation is 1. The molecule has 4 nitrogen and oxygen atoms in total. The molecule has 1 saturated heterocycles. The molecule has 3 rings (SSSR count). The molecular weight excluding hydrogens is 324 g/mol. The second kappa shape index (κ2) is 9.52. The number of carbonyl (C=O) groups excluding carboxylic acids is 1. The summed E-state index contributed by atoms with van der Waals surface area (Å²) in [6, 6.07) is 9.02. The summed E-state index contributed by atoms with van der Waals surface area (Å²) in [5, 5.41) is 3.27. The number of hydrogen-bond acceptors (Lipinski definition) is 3. The molecule has 0 bridgehead atoms. The molecule has 0 saturated carbocycles. The Morgan fingerprint density at radius 3 is 2.69 bits per heavy atom. The topological polar surface area (TPSA) is 41.6 Å². The zero-order chi connectivity index (χ0) is 18.4. The summed E-state index contributed by atoms with van der Waals surface area (Å²) in [5.41, 5.74) is 2.81. The van der Waals surface area contributed by atoms with Crippen molar-refractivity contribution in [3.8, 4) is 0 Å². The summed E-state index contributed by atoms with van der Waals surface area (Å²) in [6.45, 7) is 8.87. The smallest absolute Gasteiger partial charge is 0.220 e. The number of benzene rings is 1. The van der Waals surface area contributed by atoms with Gasteiger partial charge in [-0.3, -0.25) is 9.69 Å². The van der Waals surface area contributed by atoms with E-state index < -0.39 is 0 Å². The van der Waals surface area contributed by atoms with Gasteiger partial charge in [0.25, 0.3) is 0 Å². The van der Waals surface area contributed by atoms with Gasteiger partial charge in [-0.05, 0) is 35.8 Å². The number of hydrogen-bond donors (Lipinski definition) is 1. The summed E-state index contributed by atoms with van der Waals surface area (Å²) < 4.78 is 5.52. The number of fused-ring (bicyclic) bond motifs is 1. The number of carbonyl (C=O) groups is 1. The van der Waals surface area contributed by atoms with E-state index >= 15 is 0 Å². The van der Waals surface area contributed by atoms with Gasteiger partial charge in [0.15, 0.2) is 0 Å². The normalized spacial score (nSPS) is 21.6. The summed E-state index contributed by atoms with van der Waals surface area (Å²) >= 11 is 0. The van der Waals surface area contributed by atoms with Crippen LogP contribution in [0.15, 0.2) is 24.3 Å². The molecule has 144 valence electrons. The van der Waals surface area contributed by atoms with Crippen LogP contribution in [0.2, 0.25) is 0 Å². The van der Waals surface area contributed by atoms with Crippen LogP contribution in [0.1, 0.15) is 56.6 Å². The van der Waals surface area contributed by atoms with Gasteiger partial charge in [0.05, 0.1) is 13.2 Å². The van der Waals surface area contributed by atoms with Crippen molar-refractivity contribution in [1.29, 1.82) is 0 Å². The lowest BCUT2D eigenvalue weighted by Crippen LogP contribution is -2.52. The fourth-order valence-corrected chi connectivity index (χ4v) is 4.71. The highest BCUT2D eigenvalue weighted by atomic mass is 16.5. The number of morpholine rings is 1. The zero-order valence-electron chi connectivity index (χ0n) is 16.4. The lowest BCUT2D eigenvalue weighted by atomic mass is 9.92. The van der Waals surface area contributed by atoms with Crippen molar-refractivity contribution >= 4 is 5.91 Å². The second-order valence-corrected chi connectivity index (χ2v) is 7.73. The van der Waals surface area contributed by atoms with E-state index in [9.17, 15) is 4.79 Å². The van der Waals surface area contributed by atoms with Crippen LogP contribution in [0.4, 0.5) is 0 Å². The third-order valence-electron chi connectivity index (χ3n) is 6.30. The fraction of sp³-hybridized carbons (Fsp3) is 0.682. The Labute approximate surface area is 158 Å². The van der Waals surface area contributed by atoms with Crippen LogP contribution in [0.3, 0.4) is 0 Å². The summed E-state index contributed by atoms with van der Waals surface area (Å²) in [7, 11) is 0. The molecule has 0 aromatic heterocycles. The van der Waals surface area contributed by atoms with Gasteiger partial charge in [0.1, 0.15) is 0 Å². The molecule has 1 aromatic carbocycles. The molecular formula is C22H34N2O2. The molecule has 1 heterocycles. The van der Waals surface area contributed by atoms with E-state index in [1.165, 1.54) is 11.1 Å². The van der Waals surface area contributed by atoms with Crippen LogP contribution in [-0.2, 0) is 16.0 Å². The zero-order valence-corrected chi connectivity index (χ0v) is 16.4. The fourth-order valence-electron chi connectivity index (χ4n) is 4.71. The van der Waals surface area contributed by atoms with E-state index in [1.807, 2.05) is 0 Å². The Bertz CT molecular complexity index is 579. The van der Waals surface area contributed by atoms with Crippen LogP contribution in [0.25, 0.3) is 0 Å². The third kappa shape index (κ3) is 4.66. The maximum atomic E-state index is 12.6. The molecule has 1 aliphatic heterocycles. The second-order valence-electron chi connectivity index (χ2n) is 7.73. The Balaban J connectivity index is 1.55. The molecule has 1 N–H and O–H groups in total. The van der Waals surface area contributed by atoms with Gasteiger partial charge in [-0.1, -0.05) is 51.0 Å². The Morgan fingerprint density at radius 2 is 1.96 bits per heavy atom. The molecule has 2 unspecified atom stereocenters. The maximum absolute atomic E-state index is 12.6. The van der Waals surface area contributed by atoms with Crippen LogP contribution in [0.5, 0.6) is 0 Å². The number of nitrogens with one attached hydrogen (secondary N) is 1. The first-order valence-corrected chi connectivity index (χ1v) is 10.4. The van der Waals surface area contributed by atoms with Crippen LogP contribution in [0, 0.1) is 5.92 Å². The maximum Gasteiger partial charge on any atom is 0.220 e. The predicted molar refractivity (Wildman–Crippen MR) is 105 cm³/mol. The Morgan fingerprint density at radius 1 is 1.23 bits per heavy atom. The van der Waals surface area contributed by atoms with Gasteiger partial charge in [-0.15, -0.1) is 0 Å². The van der Waals surface area contributed by atoms with E-state index in [-0.39, 0.29) is 5.91 Å². The van der Waals surface area contributed by atoms with Crippen LogP contribution in [-0.4, -0.2) is 49.7 Å². The highest BCUT2D eigenvalue weighted by molar-refractivity contribution is 5.77. The number of ether oxygens (including phenoxy) is 1. The minimum Gasteiger partial charge on any atom is -0.379 e. The van der Waals surface area contributed by atoms with Crippen molar-refractivity contribution in [1.82, 2.24) is 10.2 Å². The van der Waals surface area contributed by atoms with Crippen molar-refractivity contribution < 1.29 is 9.53 Å². The first-order chi connectivity index (χ1) is 12.7. The highest BCUT2D eigenvalue weighted by Crippen LogP contribution is 2.35. The minimum absolute atomic E-state index is 0.205. The van der Waals surface area contributed by atoms with Crippen LogP contribution >= 0.6 is 0 Å². The number of amides is 1. The van der Waals surface area contributed by atoms with E-state index in [0.717, 1.165) is 58.5 Å². The standard InChI is InChI=1S/C22H34N2O2/c1-3-17(4-2)21(24-11-13-26-14-12-24)16-23-22(25)15-19-10-9-18-7-5-6-8-20(18)19/h5-8,17,19,21H,3-4,9-16H2,1-2H3,(H,23,25). The van der Waals surface area contributed by atoms with Crippen molar-refractivity contribution in [2.24, 2.45) is 5.92 Å². The molecule has 2 atom stereocenters. The molecule has 0 spiro atoms. The molecule has 0 radical (unpaired) electrons. The first kappa shape index (κ1) is 19.4. The Hall–Kier alpha value is -1.39. The number of nitrogens with zero attached hydrogens (tertiary/aromatic N) is 1. The van der Waals surface area contributed by atoms with Gasteiger partial charge in [0, 0.05) is 32.1 Å². The lowest BCUT2D eigenvalue weighted by molar-refractivity contribution is -0.122. The monoisotopic (exact) mass is 358 g/mol. The summed E-state index contributed by atoms with van der Waals surface area (Å²) in [4.78, 5) is 15.2. The van der Waals surface area contributed by atoms with Gasteiger partial charge in [-0.2, -0.15) is 0 Å². The van der Waals surface area contributed by atoms with Crippen molar-refractivity contribution in [2.75, 3.05) is 32.8 Å². The van der Waals surface area contributed by atoms with Crippen molar-refractivity contribution in [3.05, 3.63) is 35.4 Å². The molecule has 1 aliphatic carbocycles. The van der Waals surface area contributed by atoms with Gasteiger partial charge in [-0.25, -0.2) is 0 Å². The molecule has 1 fully saturated rings. The van der Waals surface area contributed by atoms with Gasteiger partial charge < -0.3 is 10.1 Å². The van der Waals surface area contributed by atoms with Crippen molar-refractivity contribution in [3.63, 3.8) is 0 Å². The van der Waals surface area contributed by atoms with E-state index in [0.29, 0.717) is 24.3 Å². The lowest BCUT2D eigenvalue weighted by Gasteiger charge is -2.38. The van der Waals surface area contributed by atoms with Gasteiger partial charge >= 0.3 is 0 Å². The first-order valence-electron chi connectivity index (χ1n) is 10.4. The molecule has 2 aliphatic rings. The predicted octanol–water partition coefficient (Wildman–Crippen LogP) is 3.36. The summed E-state index contributed by atoms with van der Waals surface area (Å²) in [5.74, 6) is 1.22. The molecule has 1 aromatic rings. The average Bonchev–Trinajstić information content (AvgIpc) is 3.09. The molecule has 4 heteroatoms. The largest absolute Gasteiger partial charge is 0.379 e. The highest BCUT2D eigenvalue weighted by Gasteiger charge is 2.28. The molecule has 1 amide bonds. The van der Waals surface area contributed by atoms with Crippen LogP contribution < -0.4 is 5.32 Å². The average molecular weight is 359 g/mol. The summed E-state index contributed by atoms with van der Waals surface area (Å²) in [6.07, 6.45) is 5.15.